The SMILES string of the molecule is N[C@H](c1cc(C(F)(F)F)cc(C(F)(F)F)c1)C1CCCC1. The predicted octanol–water partition coefficient (Wildman–Crippen LogP) is 4.91. The van der Waals surface area contributed by atoms with Crippen LogP contribution >= 0.6 is 0 Å². The Bertz CT molecular complexity index is 467. The van der Waals surface area contributed by atoms with Gasteiger partial charge in [0.15, 0.2) is 0 Å². The first-order valence-corrected chi connectivity index (χ1v) is 6.64. The number of hydrogen-bond acceptors (Lipinski definition) is 1. The van der Waals surface area contributed by atoms with E-state index < -0.39 is 29.5 Å². The molecule has 21 heavy (non-hydrogen) atoms. The third kappa shape index (κ3) is 3.70. The first-order valence-electron chi connectivity index (χ1n) is 6.64. The fourth-order valence-electron chi connectivity index (χ4n) is 2.76. The van der Waals surface area contributed by atoms with Crippen LogP contribution in [-0.4, -0.2) is 0 Å². The maximum Gasteiger partial charge on any atom is 0.416 e. The number of benzene rings is 1. The van der Waals surface area contributed by atoms with Gasteiger partial charge in [-0.1, -0.05) is 12.8 Å². The first-order chi connectivity index (χ1) is 9.59. The van der Waals surface area contributed by atoms with E-state index in [-0.39, 0.29) is 17.5 Å². The summed E-state index contributed by atoms with van der Waals surface area (Å²) in [6.07, 6.45) is -6.37. The molecule has 1 atom stereocenters. The highest BCUT2D eigenvalue weighted by atomic mass is 19.4. The molecular formula is C14H15F6N. The van der Waals surface area contributed by atoms with Gasteiger partial charge >= 0.3 is 12.4 Å². The van der Waals surface area contributed by atoms with Crippen molar-refractivity contribution in [2.45, 2.75) is 44.1 Å². The van der Waals surface area contributed by atoms with Gasteiger partial charge in [0, 0.05) is 6.04 Å². The number of hydrogen-bond donors (Lipinski definition) is 1. The predicted molar refractivity (Wildman–Crippen MR) is 65.3 cm³/mol. The van der Waals surface area contributed by atoms with Crippen LogP contribution in [0.2, 0.25) is 0 Å². The van der Waals surface area contributed by atoms with Crippen molar-refractivity contribution in [3.05, 3.63) is 34.9 Å². The zero-order chi connectivity index (χ0) is 15.8. The van der Waals surface area contributed by atoms with Gasteiger partial charge in [-0.3, -0.25) is 0 Å². The first kappa shape index (κ1) is 16.1. The minimum Gasteiger partial charge on any atom is -0.324 e. The Morgan fingerprint density at radius 2 is 1.29 bits per heavy atom. The lowest BCUT2D eigenvalue weighted by Gasteiger charge is -2.22. The Morgan fingerprint density at radius 1 is 0.857 bits per heavy atom. The molecule has 7 heteroatoms. The zero-order valence-corrected chi connectivity index (χ0v) is 11.1. The van der Waals surface area contributed by atoms with E-state index in [1.54, 1.807) is 0 Å². The highest BCUT2D eigenvalue weighted by Crippen LogP contribution is 2.40. The van der Waals surface area contributed by atoms with Crippen molar-refractivity contribution >= 4 is 0 Å². The molecule has 0 radical (unpaired) electrons. The standard InChI is InChI=1S/C14H15F6N/c15-13(16,17)10-5-9(6-11(7-10)14(18,19)20)12(21)8-3-1-2-4-8/h5-8,12H,1-4,21H2/t12-/m0/s1. The molecule has 1 aromatic carbocycles. The molecule has 1 nitrogen and oxygen atoms in total. The molecule has 1 aliphatic rings. The number of rotatable bonds is 2. The second kappa shape index (κ2) is 5.51. The average molecular weight is 311 g/mol. The summed E-state index contributed by atoms with van der Waals surface area (Å²) in [5.74, 6) is -0.0606. The van der Waals surface area contributed by atoms with Crippen LogP contribution in [0, 0.1) is 5.92 Å². The summed E-state index contributed by atoms with van der Waals surface area (Å²) >= 11 is 0. The third-order valence-electron chi connectivity index (χ3n) is 3.90. The smallest absolute Gasteiger partial charge is 0.324 e. The number of halogens is 6. The van der Waals surface area contributed by atoms with Crippen molar-refractivity contribution in [2.75, 3.05) is 0 Å². The Labute approximate surface area is 118 Å². The molecule has 2 rings (SSSR count). The molecule has 1 aromatic rings. The van der Waals surface area contributed by atoms with Crippen LogP contribution in [0.25, 0.3) is 0 Å². The molecule has 0 spiro atoms. The van der Waals surface area contributed by atoms with Crippen LogP contribution in [0.4, 0.5) is 26.3 Å². The number of alkyl halides is 6. The molecule has 0 aliphatic heterocycles. The minimum atomic E-state index is -4.83. The molecule has 1 saturated carbocycles. The highest BCUT2D eigenvalue weighted by molar-refractivity contribution is 5.35. The maximum atomic E-state index is 12.8. The van der Waals surface area contributed by atoms with Gasteiger partial charge in [0.2, 0.25) is 0 Å². The van der Waals surface area contributed by atoms with Gasteiger partial charge in [0.05, 0.1) is 11.1 Å². The lowest BCUT2D eigenvalue weighted by atomic mass is 9.90. The van der Waals surface area contributed by atoms with Gasteiger partial charge in [-0.15, -0.1) is 0 Å². The van der Waals surface area contributed by atoms with Crippen molar-refractivity contribution < 1.29 is 26.3 Å². The Morgan fingerprint density at radius 3 is 1.67 bits per heavy atom. The van der Waals surface area contributed by atoms with Crippen LogP contribution in [0.3, 0.4) is 0 Å². The van der Waals surface area contributed by atoms with Crippen LogP contribution in [0.1, 0.15) is 48.4 Å². The van der Waals surface area contributed by atoms with E-state index in [0.29, 0.717) is 0 Å². The summed E-state index contributed by atoms with van der Waals surface area (Å²) in [6.45, 7) is 0. The van der Waals surface area contributed by atoms with Crippen molar-refractivity contribution in [2.24, 2.45) is 11.7 Å². The normalized spacial score (nSPS) is 19.0. The fraction of sp³-hybridized carbons (Fsp3) is 0.571. The largest absolute Gasteiger partial charge is 0.416 e. The molecular weight excluding hydrogens is 296 g/mol. The van der Waals surface area contributed by atoms with Crippen molar-refractivity contribution in [1.29, 1.82) is 0 Å². The zero-order valence-electron chi connectivity index (χ0n) is 11.1. The summed E-state index contributed by atoms with van der Waals surface area (Å²) in [6, 6.07) is 0.803. The van der Waals surface area contributed by atoms with Gasteiger partial charge in [-0.05, 0) is 42.5 Å². The Kier molecular flexibility index (Phi) is 4.24. The van der Waals surface area contributed by atoms with E-state index in [9.17, 15) is 26.3 Å². The topological polar surface area (TPSA) is 26.0 Å². The quantitative estimate of drug-likeness (QED) is 0.771. The minimum absolute atomic E-state index is 0.0606. The van der Waals surface area contributed by atoms with E-state index in [1.165, 1.54) is 0 Å². The van der Waals surface area contributed by atoms with Gasteiger partial charge < -0.3 is 5.73 Å². The molecule has 1 fully saturated rings. The summed E-state index contributed by atoms with van der Waals surface area (Å²) in [7, 11) is 0. The van der Waals surface area contributed by atoms with Gasteiger partial charge in [0.25, 0.3) is 0 Å². The molecule has 0 unspecified atom stereocenters. The molecule has 0 aromatic heterocycles. The summed E-state index contributed by atoms with van der Waals surface area (Å²) in [5.41, 5.74) is 3.19. The number of nitrogens with two attached hydrogens (primary N) is 1. The second-order valence-electron chi connectivity index (χ2n) is 5.41. The second-order valence-corrected chi connectivity index (χ2v) is 5.41. The van der Waals surface area contributed by atoms with Gasteiger partial charge in [-0.25, -0.2) is 0 Å². The molecule has 0 saturated heterocycles. The van der Waals surface area contributed by atoms with E-state index in [2.05, 4.69) is 0 Å². The highest BCUT2D eigenvalue weighted by Gasteiger charge is 2.38. The van der Waals surface area contributed by atoms with Crippen molar-refractivity contribution in [3.63, 3.8) is 0 Å². The fourth-order valence-corrected chi connectivity index (χ4v) is 2.76. The monoisotopic (exact) mass is 311 g/mol. The molecule has 2 N–H and O–H groups in total. The van der Waals surface area contributed by atoms with Crippen molar-refractivity contribution in [1.82, 2.24) is 0 Å². The van der Waals surface area contributed by atoms with E-state index in [4.69, 9.17) is 5.73 Å². The van der Waals surface area contributed by atoms with Crippen LogP contribution < -0.4 is 5.73 Å². The lowest BCUT2D eigenvalue weighted by Crippen LogP contribution is -2.21. The van der Waals surface area contributed by atoms with E-state index in [1.807, 2.05) is 0 Å². The lowest BCUT2D eigenvalue weighted by molar-refractivity contribution is -0.143. The average Bonchev–Trinajstić information content (AvgIpc) is 2.89. The Balaban J connectivity index is 2.44. The van der Waals surface area contributed by atoms with E-state index >= 15 is 0 Å². The molecule has 0 heterocycles. The molecule has 1 aliphatic carbocycles. The van der Waals surface area contributed by atoms with Gasteiger partial charge in [0.1, 0.15) is 0 Å². The van der Waals surface area contributed by atoms with Crippen molar-refractivity contribution in [3.8, 4) is 0 Å². The van der Waals surface area contributed by atoms with E-state index in [0.717, 1.165) is 37.8 Å². The maximum absolute atomic E-state index is 12.8. The van der Waals surface area contributed by atoms with Crippen LogP contribution in [0.5, 0.6) is 0 Å². The van der Waals surface area contributed by atoms with Crippen LogP contribution in [0.15, 0.2) is 18.2 Å². The summed E-state index contributed by atoms with van der Waals surface area (Å²) in [4.78, 5) is 0. The third-order valence-corrected chi connectivity index (χ3v) is 3.90. The molecule has 118 valence electrons. The summed E-state index contributed by atoms with van der Waals surface area (Å²) in [5, 5.41) is 0. The summed E-state index contributed by atoms with van der Waals surface area (Å²) < 4.78 is 76.6. The molecule has 0 bridgehead atoms. The van der Waals surface area contributed by atoms with Crippen LogP contribution in [-0.2, 0) is 12.4 Å². The van der Waals surface area contributed by atoms with Gasteiger partial charge in [-0.2, -0.15) is 26.3 Å². The molecule has 0 amide bonds. The Hall–Kier alpha value is -1.24.